The Morgan fingerprint density at radius 3 is 0.766 bits per heavy atom. The van der Waals surface area contributed by atoms with Crippen molar-refractivity contribution in [1.82, 2.24) is 0 Å². The summed E-state index contributed by atoms with van der Waals surface area (Å²) in [6.45, 7) is 11.4. The van der Waals surface area contributed by atoms with Gasteiger partial charge in [-0.25, -0.2) is 0 Å². The van der Waals surface area contributed by atoms with Crippen molar-refractivity contribution in [2.75, 3.05) is 13.2 Å². The average Bonchev–Trinajstić information content (AvgIpc) is 3.27. The molecule has 0 aliphatic heterocycles. The summed E-state index contributed by atoms with van der Waals surface area (Å²) in [5.41, 5.74) is 0. The topological polar surface area (TPSA) is 78.9 Å². The molecule has 0 rings (SSSR count). The van der Waals surface area contributed by atoms with Crippen LogP contribution >= 0.6 is 0 Å². The van der Waals surface area contributed by atoms with E-state index in [1.165, 1.54) is 212 Å². The normalized spacial score (nSPS) is 12.0. The first-order chi connectivity index (χ1) is 31.2. The fraction of sp³-hybridized carbons (Fsp3) is 0.948. The van der Waals surface area contributed by atoms with Gasteiger partial charge in [-0.3, -0.25) is 14.4 Å². The fourth-order valence-electron chi connectivity index (χ4n) is 8.87. The van der Waals surface area contributed by atoms with Crippen molar-refractivity contribution in [2.45, 2.75) is 330 Å². The van der Waals surface area contributed by atoms with E-state index < -0.39 is 6.10 Å². The van der Waals surface area contributed by atoms with Gasteiger partial charge in [-0.15, -0.1) is 0 Å². The van der Waals surface area contributed by atoms with E-state index in [0.29, 0.717) is 19.3 Å². The van der Waals surface area contributed by atoms with Crippen LogP contribution in [0, 0.1) is 11.8 Å². The third kappa shape index (κ3) is 51.4. The number of hydrogen-bond acceptors (Lipinski definition) is 6. The first-order valence-electron chi connectivity index (χ1n) is 28.7. The standard InChI is InChI=1S/C58H112O6/c1-6-7-8-9-10-11-12-13-17-23-28-33-38-43-48-56(59)62-51-55(64-58(61)50-45-40-35-30-25-20-19-22-27-32-37-42-47-54(4)5)52-63-57(60)49-44-39-34-29-24-18-15-14-16-21-26-31-36-41-46-53(2)3/h53-55H,6-52H2,1-5H3/t55-/m0/s1. The van der Waals surface area contributed by atoms with Crippen LogP contribution in [-0.4, -0.2) is 37.2 Å². The van der Waals surface area contributed by atoms with Crippen molar-refractivity contribution >= 4 is 17.9 Å². The number of hydrogen-bond donors (Lipinski definition) is 0. The predicted molar refractivity (Wildman–Crippen MR) is 275 cm³/mol. The van der Waals surface area contributed by atoms with Crippen molar-refractivity contribution in [2.24, 2.45) is 11.8 Å². The molecule has 0 N–H and O–H groups in total. The Balaban J connectivity index is 4.30. The second-order valence-corrected chi connectivity index (χ2v) is 20.9. The fourth-order valence-corrected chi connectivity index (χ4v) is 8.87. The van der Waals surface area contributed by atoms with Gasteiger partial charge < -0.3 is 14.2 Å². The van der Waals surface area contributed by atoms with E-state index >= 15 is 0 Å². The van der Waals surface area contributed by atoms with E-state index in [0.717, 1.165) is 69.6 Å². The Morgan fingerprint density at radius 2 is 0.516 bits per heavy atom. The van der Waals surface area contributed by atoms with E-state index in [4.69, 9.17) is 14.2 Å². The van der Waals surface area contributed by atoms with Gasteiger partial charge in [-0.05, 0) is 31.1 Å². The minimum absolute atomic E-state index is 0.0627. The second-order valence-electron chi connectivity index (χ2n) is 20.9. The molecule has 0 saturated carbocycles. The lowest BCUT2D eigenvalue weighted by molar-refractivity contribution is -0.167. The molecule has 0 aliphatic rings. The maximum absolute atomic E-state index is 12.8. The molecule has 0 amide bonds. The molecule has 0 saturated heterocycles. The molecule has 1 atom stereocenters. The van der Waals surface area contributed by atoms with E-state index in [-0.39, 0.29) is 31.1 Å². The number of esters is 3. The van der Waals surface area contributed by atoms with Crippen LogP contribution in [0.15, 0.2) is 0 Å². The molecule has 380 valence electrons. The van der Waals surface area contributed by atoms with Crippen LogP contribution in [0.4, 0.5) is 0 Å². The Bertz CT molecular complexity index is 978. The van der Waals surface area contributed by atoms with Crippen molar-refractivity contribution in [3.05, 3.63) is 0 Å². The summed E-state index contributed by atoms with van der Waals surface area (Å²) in [6.07, 6.45) is 53.7. The van der Waals surface area contributed by atoms with E-state index in [9.17, 15) is 14.4 Å². The third-order valence-corrected chi connectivity index (χ3v) is 13.2. The lowest BCUT2D eigenvalue weighted by Crippen LogP contribution is -2.30. The maximum Gasteiger partial charge on any atom is 0.306 e. The monoisotopic (exact) mass is 905 g/mol. The number of carbonyl (C=O) groups is 3. The Kier molecular flexibility index (Phi) is 49.6. The highest BCUT2D eigenvalue weighted by atomic mass is 16.6. The van der Waals surface area contributed by atoms with Crippen LogP contribution in [0.1, 0.15) is 324 Å². The van der Waals surface area contributed by atoms with Crippen molar-refractivity contribution in [1.29, 1.82) is 0 Å². The number of carbonyl (C=O) groups excluding carboxylic acids is 3. The number of ether oxygens (including phenoxy) is 3. The van der Waals surface area contributed by atoms with E-state index in [1.807, 2.05) is 0 Å². The molecule has 0 aromatic heterocycles. The van der Waals surface area contributed by atoms with Crippen molar-refractivity contribution in [3.63, 3.8) is 0 Å². The molecule has 0 unspecified atom stereocenters. The highest BCUT2D eigenvalue weighted by Crippen LogP contribution is 2.18. The summed E-state index contributed by atoms with van der Waals surface area (Å²) in [5.74, 6) is 0.838. The van der Waals surface area contributed by atoms with Gasteiger partial charge in [0.25, 0.3) is 0 Å². The van der Waals surface area contributed by atoms with E-state index in [1.54, 1.807) is 0 Å². The van der Waals surface area contributed by atoms with Crippen LogP contribution in [0.2, 0.25) is 0 Å². The van der Waals surface area contributed by atoms with Crippen LogP contribution < -0.4 is 0 Å². The molecule has 0 aromatic carbocycles. The lowest BCUT2D eigenvalue weighted by atomic mass is 10.0. The van der Waals surface area contributed by atoms with Gasteiger partial charge in [0.15, 0.2) is 6.10 Å². The highest BCUT2D eigenvalue weighted by molar-refractivity contribution is 5.71. The van der Waals surface area contributed by atoms with Gasteiger partial charge in [0, 0.05) is 19.3 Å². The molecule has 6 nitrogen and oxygen atoms in total. The number of unbranched alkanes of at least 4 members (excludes halogenated alkanes) is 37. The molecule has 0 aromatic rings. The van der Waals surface area contributed by atoms with Gasteiger partial charge in [0.1, 0.15) is 13.2 Å². The molecule has 0 aliphatic carbocycles. The van der Waals surface area contributed by atoms with Crippen LogP contribution in [-0.2, 0) is 28.6 Å². The highest BCUT2D eigenvalue weighted by Gasteiger charge is 2.19. The van der Waals surface area contributed by atoms with Crippen molar-refractivity contribution < 1.29 is 28.6 Å². The largest absolute Gasteiger partial charge is 0.462 e. The number of rotatable bonds is 52. The summed E-state index contributed by atoms with van der Waals surface area (Å²) in [6, 6.07) is 0. The molecule has 6 heteroatoms. The molecule has 0 bridgehead atoms. The summed E-state index contributed by atoms with van der Waals surface area (Å²) in [7, 11) is 0. The zero-order valence-corrected chi connectivity index (χ0v) is 43.9. The molecular formula is C58H112O6. The minimum atomic E-state index is -0.762. The first-order valence-corrected chi connectivity index (χ1v) is 28.7. The molecule has 0 spiro atoms. The van der Waals surface area contributed by atoms with Crippen molar-refractivity contribution in [3.8, 4) is 0 Å². The van der Waals surface area contributed by atoms with E-state index in [2.05, 4.69) is 34.6 Å². The van der Waals surface area contributed by atoms with Gasteiger partial charge >= 0.3 is 17.9 Å². The summed E-state index contributed by atoms with van der Waals surface area (Å²) < 4.78 is 16.9. The Morgan fingerprint density at radius 1 is 0.297 bits per heavy atom. The SMILES string of the molecule is CCCCCCCCCCCCCCCCC(=O)OC[C@@H](COC(=O)CCCCCCCCCCCCCCCCC(C)C)OC(=O)CCCCCCCCCCCCCCC(C)C. The minimum Gasteiger partial charge on any atom is -0.462 e. The zero-order chi connectivity index (χ0) is 46.8. The third-order valence-electron chi connectivity index (χ3n) is 13.2. The summed E-state index contributed by atoms with van der Waals surface area (Å²) in [5, 5.41) is 0. The quantitative estimate of drug-likeness (QED) is 0.0344. The summed E-state index contributed by atoms with van der Waals surface area (Å²) >= 11 is 0. The summed E-state index contributed by atoms with van der Waals surface area (Å²) in [4.78, 5) is 38.1. The maximum atomic E-state index is 12.8. The first kappa shape index (κ1) is 62.4. The second kappa shape index (κ2) is 50.8. The van der Waals surface area contributed by atoms with Crippen LogP contribution in [0.5, 0.6) is 0 Å². The smallest absolute Gasteiger partial charge is 0.306 e. The molecule has 64 heavy (non-hydrogen) atoms. The Hall–Kier alpha value is -1.59. The molecule has 0 fully saturated rings. The van der Waals surface area contributed by atoms with Crippen LogP contribution in [0.3, 0.4) is 0 Å². The van der Waals surface area contributed by atoms with Gasteiger partial charge in [-0.1, -0.05) is 285 Å². The molecular weight excluding hydrogens is 793 g/mol. The van der Waals surface area contributed by atoms with Gasteiger partial charge in [-0.2, -0.15) is 0 Å². The molecule has 0 radical (unpaired) electrons. The van der Waals surface area contributed by atoms with Crippen LogP contribution in [0.25, 0.3) is 0 Å². The lowest BCUT2D eigenvalue weighted by Gasteiger charge is -2.18. The van der Waals surface area contributed by atoms with Gasteiger partial charge in [0.2, 0.25) is 0 Å². The predicted octanol–water partition coefficient (Wildman–Crippen LogP) is 18.9. The average molecular weight is 906 g/mol. The molecule has 0 heterocycles. The zero-order valence-electron chi connectivity index (χ0n) is 43.9. The Labute approximate surface area is 399 Å². The van der Waals surface area contributed by atoms with Gasteiger partial charge in [0.05, 0.1) is 0 Å².